The number of Topliss-reactive ketones (excluding diaryl/α,β-unsaturated/α-hetero) is 1. The number of rotatable bonds is 4. The molecule has 210 valence electrons. The average Bonchev–Trinajstić information content (AvgIpc) is 3.15. The Bertz CT molecular complexity index is 1670. The maximum atomic E-state index is 14.2. The van der Waals surface area contributed by atoms with Crippen LogP contribution in [-0.2, 0) is 15.0 Å². The zero-order valence-electron chi connectivity index (χ0n) is 24.2. The van der Waals surface area contributed by atoms with Crippen LogP contribution < -0.4 is 10.2 Å². The van der Waals surface area contributed by atoms with Crippen LogP contribution >= 0.6 is 0 Å². The number of nitrogens with zero attached hydrogens (tertiary/aromatic N) is 2. The van der Waals surface area contributed by atoms with Gasteiger partial charge in [0, 0.05) is 36.2 Å². The number of hydrogen-bond acceptors (Lipinski definition) is 4. The maximum absolute atomic E-state index is 14.2. The lowest BCUT2D eigenvalue weighted by atomic mass is 9.77. The Morgan fingerprint density at radius 1 is 0.881 bits per heavy atom. The van der Waals surface area contributed by atoms with Gasteiger partial charge >= 0.3 is 0 Å². The lowest BCUT2D eigenvalue weighted by Gasteiger charge is -2.34. The van der Waals surface area contributed by atoms with Gasteiger partial charge in [0.2, 0.25) is 0 Å². The molecule has 0 spiro atoms. The Morgan fingerprint density at radius 2 is 1.62 bits per heavy atom. The van der Waals surface area contributed by atoms with Crippen LogP contribution in [0.5, 0.6) is 0 Å². The summed E-state index contributed by atoms with van der Waals surface area (Å²) >= 11 is 0. The molecule has 1 aromatic heterocycles. The molecule has 0 saturated carbocycles. The number of fused-ring (bicyclic) bond motifs is 1. The van der Waals surface area contributed by atoms with Gasteiger partial charge in [-0.25, -0.2) is 0 Å². The summed E-state index contributed by atoms with van der Waals surface area (Å²) in [4.78, 5) is 34.4. The molecular weight excluding hydrogens is 518 g/mol. The molecule has 5 nitrogen and oxygen atoms in total. The minimum absolute atomic E-state index is 0.0414. The fraction of sp³-hybridized carbons (Fsp3) is 0.216. The first-order valence-corrected chi connectivity index (χ1v) is 14.5. The van der Waals surface area contributed by atoms with Gasteiger partial charge in [-0.1, -0.05) is 93.6 Å². The third kappa shape index (κ3) is 5.42. The van der Waals surface area contributed by atoms with Crippen LogP contribution in [0.4, 0.5) is 11.4 Å². The Hall–Kier alpha value is -4.77. The van der Waals surface area contributed by atoms with E-state index in [1.807, 2.05) is 72.8 Å². The van der Waals surface area contributed by atoms with Crippen LogP contribution in [0.25, 0.3) is 6.08 Å². The van der Waals surface area contributed by atoms with Crippen LogP contribution in [-0.4, -0.2) is 16.7 Å². The van der Waals surface area contributed by atoms with Crippen LogP contribution in [0.3, 0.4) is 0 Å². The van der Waals surface area contributed by atoms with Gasteiger partial charge in [0.05, 0.1) is 17.4 Å². The van der Waals surface area contributed by atoms with Crippen molar-refractivity contribution in [2.24, 2.45) is 0 Å². The van der Waals surface area contributed by atoms with E-state index in [2.05, 4.69) is 55.3 Å². The molecule has 2 aliphatic rings. The largest absolute Gasteiger partial charge is 0.357 e. The first kappa shape index (κ1) is 27.4. The highest BCUT2D eigenvalue weighted by atomic mass is 16.2. The molecule has 6 rings (SSSR count). The molecule has 2 heterocycles. The quantitative estimate of drug-likeness (QED) is 0.260. The van der Waals surface area contributed by atoms with E-state index < -0.39 is 6.04 Å². The van der Waals surface area contributed by atoms with Crippen molar-refractivity contribution in [3.63, 3.8) is 0 Å². The predicted octanol–water partition coefficient (Wildman–Crippen LogP) is 7.99. The second kappa shape index (κ2) is 11.2. The molecule has 0 fully saturated rings. The Balaban J connectivity index is 1.45. The van der Waals surface area contributed by atoms with Gasteiger partial charge in [0.25, 0.3) is 5.91 Å². The molecule has 2 atom stereocenters. The molecule has 0 radical (unpaired) electrons. The molecule has 0 bridgehead atoms. The molecule has 4 aromatic rings. The molecule has 1 amide bonds. The van der Waals surface area contributed by atoms with Crippen LogP contribution in [0, 0.1) is 0 Å². The highest BCUT2D eigenvalue weighted by Crippen LogP contribution is 2.47. The highest BCUT2D eigenvalue weighted by Gasteiger charge is 2.41. The number of para-hydroxylation sites is 2. The molecule has 3 aromatic carbocycles. The number of amides is 1. The van der Waals surface area contributed by atoms with Crippen molar-refractivity contribution in [2.75, 3.05) is 10.2 Å². The van der Waals surface area contributed by atoms with Crippen molar-refractivity contribution in [3.8, 4) is 0 Å². The first-order valence-electron chi connectivity index (χ1n) is 14.5. The topological polar surface area (TPSA) is 62.3 Å². The summed E-state index contributed by atoms with van der Waals surface area (Å²) in [6.45, 7) is 6.62. The number of carbonyl (C=O) groups is 2. The monoisotopic (exact) mass is 553 g/mol. The van der Waals surface area contributed by atoms with Crippen molar-refractivity contribution < 1.29 is 9.59 Å². The summed E-state index contributed by atoms with van der Waals surface area (Å²) in [5.41, 5.74) is 7.22. The van der Waals surface area contributed by atoms with E-state index in [1.165, 1.54) is 5.56 Å². The molecule has 42 heavy (non-hydrogen) atoms. The zero-order chi connectivity index (χ0) is 29.3. The standard InChI is InChI=1S/C37H35N3O2/c1-37(2,3)29-18-16-26(17-19-29)28-22-31-35(33(41)23-28)36(27-12-9-21-38-24-27)40(32-14-8-7-13-30(32)39-31)34(42)20-15-25-10-5-4-6-11-25/h4-21,24,28,36,39H,22-23H2,1-3H3/b20-15+/t28-,36-/m1/s1. The van der Waals surface area contributed by atoms with Crippen molar-refractivity contribution >= 4 is 29.1 Å². The number of pyridine rings is 1. The van der Waals surface area contributed by atoms with Gasteiger partial charge in [-0.3, -0.25) is 19.5 Å². The predicted molar refractivity (Wildman–Crippen MR) is 169 cm³/mol. The lowest BCUT2D eigenvalue weighted by Crippen LogP contribution is -2.37. The van der Waals surface area contributed by atoms with E-state index in [4.69, 9.17) is 0 Å². The van der Waals surface area contributed by atoms with Crippen molar-refractivity contribution in [1.82, 2.24) is 4.98 Å². The van der Waals surface area contributed by atoms with E-state index in [1.54, 1.807) is 23.4 Å². The molecule has 1 aliphatic carbocycles. The van der Waals surface area contributed by atoms with Gasteiger partial charge < -0.3 is 5.32 Å². The third-order valence-electron chi connectivity index (χ3n) is 8.19. The summed E-state index contributed by atoms with van der Waals surface area (Å²) in [6.07, 6.45) is 7.93. The van der Waals surface area contributed by atoms with E-state index in [0.717, 1.165) is 33.8 Å². The molecule has 5 heteroatoms. The van der Waals surface area contributed by atoms with Crippen molar-refractivity contribution in [2.45, 2.75) is 51.0 Å². The van der Waals surface area contributed by atoms with Crippen LogP contribution in [0.1, 0.15) is 67.8 Å². The molecule has 0 unspecified atom stereocenters. The fourth-order valence-corrected chi connectivity index (χ4v) is 5.99. The van der Waals surface area contributed by atoms with Crippen LogP contribution in [0.15, 0.2) is 121 Å². The second-order valence-electron chi connectivity index (χ2n) is 12.1. The molecule has 1 aliphatic heterocycles. The first-order chi connectivity index (χ1) is 20.3. The fourth-order valence-electron chi connectivity index (χ4n) is 5.99. The second-order valence-corrected chi connectivity index (χ2v) is 12.1. The third-order valence-corrected chi connectivity index (χ3v) is 8.19. The number of nitrogens with one attached hydrogen (secondary N) is 1. The molecular formula is C37H35N3O2. The molecule has 0 saturated heterocycles. The zero-order valence-corrected chi connectivity index (χ0v) is 24.2. The summed E-state index contributed by atoms with van der Waals surface area (Å²) < 4.78 is 0. The number of carbonyl (C=O) groups excluding carboxylic acids is 2. The number of aromatic nitrogens is 1. The Morgan fingerprint density at radius 3 is 2.33 bits per heavy atom. The van der Waals surface area contributed by atoms with E-state index in [-0.39, 0.29) is 23.0 Å². The highest BCUT2D eigenvalue weighted by molar-refractivity contribution is 6.10. The maximum Gasteiger partial charge on any atom is 0.251 e. The van der Waals surface area contributed by atoms with Crippen molar-refractivity contribution in [3.05, 3.63) is 143 Å². The Labute approximate surface area is 247 Å². The summed E-state index contributed by atoms with van der Waals surface area (Å²) in [7, 11) is 0. The van der Waals surface area contributed by atoms with E-state index >= 15 is 0 Å². The van der Waals surface area contributed by atoms with Gasteiger partial charge in [-0.05, 0) is 64.3 Å². The SMILES string of the molecule is CC(C)(C)c1ccc([C@H]2CC(=O)C3=C(C2)Nc2ccccc2N(C(=O)/C=C/c2ccccc2)[C@@H]3c2cccnc2)cc1. The number of allylic oxidation sites excluding steroid dienone is 1. The normalized spacial score (nSPS) is 18.7. The van der Waals surface area contributed by atoms with Gasteiger partial charge in [-0.15, -0.1) is 0 Å². The lowest BCUT2D eigenvalue weighted by molar-refractivity contribution is -0.116. The number of hydrogen-bond donors (Lipinski definition) is 1. The van der Waals surface area contributed by atoms with Crippen LogP contribution in [0.2, 0.25) is 0 Å². The van der Waals surface area contributed by atoms with Crippen molar-refractivity contribution in [1.29, 1.82) is 0 Å². The average molecular weight is 554 g/mol. The van der Waals surface area contributed by atoms with E-state index in [9.17, 15) is 9.59 Å². The van der Waals surface area contributed by atoms with E-state index in [0.29, 0.717) is 18.4 Å². The van der Waals surface area contributed by atoms with Gasteiger partial charge in [-0.2, -0.15) is 0 Å². The van der Waals surface area contributed by atoms with Gasteiger partial charge in [0.15, 0.2) is 5.78 Å². The number of ketones is 1. The number of benzene rings is 3. The Kier molecular flexibility index (Phi) is 7.34. The summed E-state index contributed by atoms with van der Waals surface area (Å²) in [5, 5.41) is 3.61. The smallest absolute Gasteiger partial charge is 0.251 e. The molecule has 1 N–H and O–H groups in total. The number of anilines is 2. The minimum atomic E-state index is -0.616. The summed E-state index contributed by atoms with van der Waals surface area (Å²) in [6, 6.07) is 29.4. The van der Waals surface area contributed by atoms with Gasteiger partial charge in [0.1, 0.15) is 0 Å². The summed E-state index contributed by atoms with van der Waals surface area (Å²) in [5.74, 6) is -0.122. The minimum Gasteiger partial charge on any atom is -0.357 e.